The van der Waals surface area contributed by atoms with Crippen molar-refractivity contribution in [2.45, 2.75) is 126 Å². The number of thiocarbonyl (C=S) groups is 2. The number of hydrogen-bond donors (Lipinski definition) is 0. The van der Waals surface area contributed by atoms with E-state index in [1.54, 1.807) is 41.8 Å². The summed E-state index contributed by atoms with van der Waals surface area (Å²) in [5.41, 5.74) is 9.32. The second-order valence-corrected chi connectivity index (χ2v) is 21.5. The zero-order chi connectivity index (χ0) is 35.6. The van der Waals surface area contributed by atoms with Crippen molar-refractivity contribution in [1.29, 1.82) is 0 Å². The monoisotopic (exact) mass is 800 g/mol. The number of fused-ring (bicyclic) bond motifs is 11. The first-order chi connectivity index (χ1) is 25.3. The standard InChI is InChI=1S/C42H44N2O2S6/c1-3-43-36(45)28(51-38(43)47)22-24-20-26-30(40(24)14-8-5-9-15-40)32-34(49-26)35-33(42(32)18-12-7-13-19-42)31-27(50-35)21-25(41(31)16-10-6-11-17-41)23-29-37(46)44(4-2)39(48)52-29/h20-23H,3-19H2,1-2H3/b28-22-,29-23-. The lowest BCUT2D eigenvalue weighted by Crippen LogP contribution is -2.37. The van der Waals surface area contributed by atoms with E-state index in [9.17, 15) is 9.59 Å². The van der Waals surface area contributed by atoms with Crippen molar-refractivity contribution in [1.82, 2.24) is 9.80 Å². The molecule has 8 aliphatic rings. The van der Waals surface area contributed by atoms with Crippen molar-refractivity contribution in [2.24, 2.45) is 0 Å². The van der Waals surface area contributed by atoms with Crippen LogP contribution in [0.4, 0.5) is 0 Å². The lowest BCUT2D eigenvalue weighted by atomic mass is 9.58. The summed E-state index contributed by atoms with van der Waals surface area (Å²) in [5.74, 6) is 0.147. The molecule has 2 aromatic heterocycles. The van der Waals surface area contributed by atoms with Crippen LogP contribution in [0.5, 0.6) is 0 Å². The zero-order valence-electron chi connectivity index (χ0n) is 30.0. The lowest BCUT2D eigenvalue weighted by molar-refractivity contribution is -0.122. The number of carbonyl (C=O) groups is 2. The Labute approximate surface area is 334 Å². The zero-order valence-corrected chi connectivity index (χ0v) is 34.9. The molecule has 52 heavy (non-hydrogen) atoms. The maximum Gasteiger partial charge on any atom is 0.266 e. The van der Waals surface area contributed by atoms with Crippen molar-refractivity contribution in [3.8, 4) is 9.75 Å². The Bertz CT molecular complexity index is 1960. The van der Waals surface area contributed by atoms with Gasteiger partial charge in [0.15, 0.2) is 0 Å². The van der Waals surface area contributed by atoms with Gasteiger partial charge >= 0.3 is 0 Å². The molecule has 3 spiro atoms. The molecule has 5 fully saturated rings. The molecule has 10 rings (SSSR count). The summed E-state index contributed by atoms with van der Waals surface area (Å²) in [7, 11) is 0. The Morgan fingerprint density at radius 2 is 0.942 bits per heavy atom. The molecule has 270 valence electrons. The van der Waals surface area contributed by atoms with Crippen LogP contribution in [0.25, 0.3) is 21.9 Å². The number of thioether (sulfide) groups is 2. The molecule has 2 aliphatic heterocycles. The highest BCUT2D eigenvalue weighted by molar-refractivity contribution is 8.27. The Kier molecular flexibility index (Phi) is 8.40. The Hall–Kier alpha value is -1.82. The highest BCUT2D eigenvalue weighted by atomic mass is 32.2. The fraction of sp³-hybridized carbons (Fsp3) is 0.524. The second kappa shape index (κ2) is 12.6. The molecule has 0 aromatic carbocycles. The molecule has 2 amide bonds. The van der Waals surface area contributed by atoms with E-state index in [1.165, 1.54) is 115 Å². The molecule has 0 atom stereocenters. The van der Waals surface area contributed by atoms with Gasteiger partial charge in [0.2, 0.25) is 0 Å². The summed E-state index contributed by atoms with van der Waals surface area (Å²) in [4.78, 5) is 38.1. The first-order valence-corrected chi connectivity index (χ1v) is 23.7. The van der Waals surface area contributed by atoms with Crippen molar-refractivity contribution < 1.29 is 9.59 Å². The topological polar surface area (TPSA) is 40.6 Å². The van der Waals surface area contributed by atoms with E-state index in [0.29, 0.717) is 21.7 Å². The van der Waals surface area contributed by atoms with Gasteiger partial charge in [0, 0.05) is 48.8 Å². The maximum absolute atomic E-state index is 13.5. The van der Waals surface area contributed by atoms with E-state index >= 15 is 0 Å². The molecule has 3 saturated carbocycles. The van der Waals surface area contributed by atoms with Gasteiger partial charge in [0.05, 0.1) is 9.81 Å². The van der Waals surface area contributed by atoms with Gasteiger partial charge in [0.1, 0.15) is 8.64 Å². The van der Waals surface area contributed by atoms with Crippen LogP contribution in [0.15, 0.2) is 33.1 Å². The number of thiophene rings is 2. The average molecular weight is 801 g/mol. The minimum atomic E-state index is -0.0332. The van der Waals surface area contributed by atoms with Crippen LogP contribution in [-0.4, -0.2) is 43.3 Å². The van der Waals surface area contributed by atoms with Crippen LogP contribution >= 0.6 is 70.6 Å². The summed E-state index contributed by atoms with van der Waals surface area (Å²) >= 11 is 18.4. The highest BCUT2D eigenvalue weighted by Crippen LogP contribution is 2.71. The third-order valence-electron chi connectivity index (χ3n) is 13.7. The summed E-state index contributed by atoms with van der Waals surface area (Å²) in [5, 5.41) is 0. The Balaban J connectivity index is 1.14. The van der Waals surface area contributed by atoms with Crippen molar-refractivity contribution in [3.63, 3.8) is 0 Å². The number of allylic oxidation sites excluding steroid dienone is 4. The van der Waals surface area contributed by atoms with Crippen LogP contribution in [0, 0.1) is 0 Å². The van der Waals surface area contributed by atoms with Gasteiger partial charge in [-0.1, -0.05) is 106 Å². The fourth-order valence-electron chi connectivity index (χ4n) is 11.5. The molecule has 6 aliphatic carbocycles. The third kappa shape index (κ3) is 4.63. The first kappa shape index (κ1) is 34.7. The van der Waals surface area contributed by atoms with Crippen molar-refractivity contribution >= 4 is 103 Å². The van der Waals surface area contributed by atoms with Gasteiger partial charge < -0.3 is 0 Å². The van der Waals surface area contributed by atoms with E-state index in [-0.39, 0.29) is 28.1 Å². The van der Waals surface area contributed by atoms with E-state index in [2.05, 4.69) is 47.0 Å². The largest absolute Gasteiger partial charge is 0.293 e. The third-order valence-corrected chi connectivity index (χ3v) is 18.9. The smallest absolute Gasteiger partial charge is 0.266 e. The van der Waals surface area contributed by atoms with Crippen LogP contribution in [-0.2, 0) is 25.8 Å². The summed E-state index contributed by atoms with van der Waals surface area (Å²) in [6.07, 6.45) is 27.9. The normalized spacial score (nSPS) is 26.7. The number of amides is 2. The average Bonchev–Trinajstić information content (AvgIpc) is 3.98. The molecule has 0 bridgehead atoms. The number of nitrogens with zero attached hydrogens (tertiary/aromatic N) is 2. The Morgan fingerprint density at radius 1 is 0.577 bits per heavy atom. The van der Waals surface area contributed by atoms with Gasteiger partial charge in [-0.15, -0.1) is 22.7 Å². The molecule has 0 N–H and O–H groups in total. The van der Waals surface area contributed by atoms with Crippen LogP contribution in [0.3, 0.4) is 0 Å². The minimum absolute atomic E-state index is 0.0332. The number of rotatable bonds is 4. The van der Waals surface area contributed by atoms with E-state index in [0.717, 1.165) is 35.5 Å². The molecule has 10 heteroatoms. The SMILES string of the molecule is CCN1C(=O)/C(=C/C2=Cc3sc4c(c3C23CCCCC3)C2(CCCCC2)c2c-4sc3c2C2(CCCCC2)C(/C=C2\SC(=S)N(CC)C2=O)=C3)SC1=S. The van der Waals surface area contributed by atoms with Gasteiger partial charge in [0.25, 0.3) is 11.8 Å². The van der Waals surface area contributed by atoms with Crippen molar-refractivity contribution in [2.75, 3.05) is 13.1 Å². The van der Waals surface area contributed by atoms with Gasteiger partial charge in [-0.2, -0.15) is 0 Å². The molecule has 0 radical (unpaired) electrons. The predicted octanol–water partition coefficient (Wildman–Crippen LogP) is 11.8. The molecular formula is C42H44N2O2S6. The van der Waals surface area contributed by atoms with Crippen LogP contribution in [0.1, 0.15) is 142 Å². The Morgan fingerprint density at radius 3 is 1.29 bits per heavy atom. The quantitative estimate of drug-likeness (QED) is 0.227. The highest BCUT2D eigenvalue weighted by Gasteiger charge is 2.58. The molecule has 2 saturated heterocycles. The fourth-order valence-corrected chi connectivity index (χ4v) is 17.3. The van der Waals surface area contributed by atoms with E-state index < -0.39 is 0 Å². The maximum atomic E-state index is 13.5. The minimum Gasteiger partial charge on any atom is -0.293 e. The van der Waals surface area contributed by atoms with Crippen molar-refractivity contribution in [3.05, 3.63) is 65.1 Å². The predicted molar refractivity (Wildman–Crippen MR) is 228 cm³/mol. The number of hydrogen-bond acceptors (Lipinski definition) is 8. The van der Waals surface area contributed by atoms with Crippen LogP contribution < -0.4 is 0 Å². The van der Waals surface area contributed by atoms with Crippen LogP contribution in [0.2, 0.25) is 0 Å². The van der Waals surface area contributed by atoms with E-state index in [1.807, 2.05) is 13.8 Å². The first-order valence-electron chi connectivity index (χ1n) is 19.6. The molecule has 2 aromatic rings. The molecule has 4 heterocycles. The molecule has 0 unspecified atom stereocenters. The van der Waals surface area contributed by atoms with Gasteiger partial charge in [-0.05, 0) is 110 Å². The number of likely N-dealkylation sites (N-methyl/N-ethyl adjacent to an activating group) is 2. The lowest BCUT2D eigenvalue weighted by Gasteiger charge is -2.44. The van der Waals surface area contributed by atoms with Gasteiger partial charge in [-0.25, -0.2) is 0 Å². The molecular weight excluding hydrogens is 757 g/mol. The van der Waals surface area contributed by atoms with E-state index in [4.69, 9.17) is 24.4 Å². The molecule has 4 nitrogen and oxygen atoms in total. The summed E-state index contributed by atoms with van der Waals surface area (Å²) < 4.78 is 1.37. The summed E-state index contributed by atoms with van der Waals surface area (Å²) in [6, 6.07) is 0. The summed E-state index contributed by atoms with van der Waals surface area (Å²) in [6.45, 7) is 5.27. The number of carbonyl (C=O) groups excluding carboxylic acids is 2. The van der Waals surface area contributed by atoms with Gasteiger partial charge in [-0.3, -0.25) is 19.4 Å². The second-order valence-electron chi connectivity index (χ2n) is 16.1.